The average molecular weight is 435 g/mol. The van der Waals surface area contributed by atoms with E-state index in [-0.39, 0.29) is 16.7 Å². The summed E-state index contributed by atoms with van der Waals surface area (Å²) in [5.41, 5.74) is 1.34. The molecule has 0 amide bonds. The minimum Gasteiger partial charge on any atom is -0.450 e. The molecule has 0 radical (unpaired) electrons. The number of esters is 3. The lowest BCUT2D eigenvalue weighted by Crippen LogP contribution is -2.50. The second-order valence-corrected chi connectivity index (χ2v) is 10.7. The second kappa shape index (κ2) is 7.61. The summed E-state index contributed by atoms with van der Waals surface area (Å²) in [6.07, 6.45) is 2.60. The van der Waals surface area contributed by atoms with Gasteiger partial charge in [0.2, 0.25) is 18.7 Å². The van der Waals surface area contributed by atoms with Crippen LogP contribution < -0.4 is 0 Å². The van der Waals surface area contributed by atoms with Crippen LogP contribution in [0.2, 0.25) is 0 Å². The number of carbonyl (C=O) groups is 3. The van der Waals surface area contributed by atoms with E-state index in [1.807, 2.05) is 0 Å². The molecule has 0 spiro atoms. The van der Waals surface area contributed by atoms with E-state index >= 15 is 0 Å². The standard InChI is InChI=1S/C24H34O7/c1-12(15-8-9-16-23(4,5)10-7-11-24(15,16)6)17-18-19(28-13(2)25)20(27)30-21(17)31-22(18)29-14(3)26/h15-19,21-22H,1,7-11H2,2-6H3/t15-,16?,17?,18?,19?,21?,22?,24-/m1/s1. The molecule has 7 nitrogen and oxygen atoms in total. The Morgan fingerprint density at radius 1 is 1.06 bits per heavy atom. The van der Waals surface area contributed by atoms with E-state index < -0.39 is 48.4 Å². The van der Waals surface area contributed by atoms with E-state index in [1.165, 1.54) is 26.7 Å². The Labute approximate surface area is 183 Å². The molecule has 2 bridgehead atoms. The van der Waals surface area contributed by atoms with E-state index in [1.54, 1.807) is 0 Å². The summed E-state index contributed by atoms with van der Waals surface area (Å²) < 4.78 is 22.1. The number of hydrogen-bond donors (Lipinski definition) is 0. The minimum absolute atomic E-state index is 0.105. The zero-order valence-electron chi connectivity index (χ0n) is 19.1. The fourth-order valence-electron chi connectivity index (χ4n) is 7.23. The van der Waals surface area contributed by atoms with Gasteiger partial charge in [0.1, 0.15) is 0 Å². The van der Waals surface area contributed by atoms with Gasteiger partial charge in [0.15, 0.2) is 0 Å². The predicted molar refractivity (Wildman–Crippen MR) is 110 cm³/mol. The maximum atomic E-state index is 12.5. The number of hydrogen-bond acceptors (Lipinski definition) is 7. The summed E-state index contributed by atoms with van der Waals surface area (Å²) in [5.74, 6) is -2.02. The predicted octanol–water partition coefficient (Wildman–Crippen LogP) is 3.75. The van der Waals surface area contributed by atoms with E-state index in [2.05, 4.69) is 27.4 Å². The summed E-state index contributed by atoms with van der Waals surface area (Å²) in [7, 11) is 0. The normalized spacial score (nSPS) is 43.0. The van der Waals surface area contributed by atoms with Crippen molar-refractivity contribution >= 4 is 17.9 Å². The van der Waals surface area contributed by atoms with Crippen LogP contribution in [-0.2, 0) is 33.3 Å². The molecule has 2 aliphatic heterocycles. The molecular formula is C24H34O7. The van der Waals surface area contributed by atoms with Crippen LogP contribution >= 0.6 is 0 Å². The zero-order chi connectivity index (χ0) is 22.7. The molecule has 2 saturated heterocycles. The van der Waals surface area contributed by atoms with Crippen molar-refractivity contribution in [3.8, 4) is 0 Å². The number of fused-ring (bicyclic) bond motifs is 3. The SMILES string of the molecule is C=C(C1C2OC(=O)C(OC(C)=O)C1C(OC(C)=O)O2)[C@H]1CCC2C(C)(C)CCC[C@@]21C. The first kappa shape index (κ1) is 22.3. The lowest BCUT2D eigenvalue weighted by atomic mass is 9.54. The summed E-state index contributed by atoms with van der Waals surface area (Å²) in [5, 5.41) is 0. The Morgan fingerprint density at radius 3 is 2.39 bits per heavy atom. The highest BCUT2D eigenvalue weighted by Gasteiger charge is 2.63. The number of rotatable bonds is 4. The molecule has 0 aromatic heterocycles. The Bertz CT molecular complexity index is 802. The molecule has 0 aromatic carbocycles. The van der Waals surface area contributed by atoms with Crippen LogP contribution in [-0.4, -0.2) is 36.6 Å². The van der Waals surface area contributed by atoms with Gasteiger partial charge in [-0.2, -0.15) is 0 Å². The quantitative estimate of drug-likeness (QED) is 0.378. The van der Waals surface area contributed by atoms with Crippen molar-refractivity contribution in [2.24, 2.45) is 34.5 Å². The molecule has 0 N–H and O–H groups in total. The average Bonchev–Trinajstić information content (AvgIpc) is 3.13. The molecule has 2 heterocycles. The van der Waals surface area contributed by atoms with Gasteiger partial charge in [-0.3, -0.25) is 9.59 Å². The van der Waals surface area contributed by atoms with Gasteiger partial charge in [0.05, 0.1) is 11.8 Å². The van der Waals surface area contributed by atoms with E-state index in [0.29, 0.717) is 5.92 Å². The highest BCUT2D eigenvalue weighted by Crippen LogP contribution is 2.64. The Kier molecular flexibility index (Phi) is 5.48. The molecule has 0 aromatic rings. The molecule has 4 aliphatic rings. The van der Waals surface area contributed by atoms with Gasteiger partial charge < -0.3 is 18.9 Å². The minimum atomic E-state index is -1.19. The first-order chi connectivity index (χ1) is 14.5. The van der Waals surface area contributed by atoms with E-state index in [0.717, 1.165) is 24.8 Å². The van der Waals surface area contributed by atoms with E-state index in [9.17, 15) is 14.4 Å². The van der Waals surface area contributed by atoms with Gasteiger partial charge in [0, 0.05) is 13.8 Å². The lowest BCUT2D eigenvalue weighted by molar-refractivity contribution is -0.209. The fraction of sp³-hybridized carbons (Fsp3) is 0.792. The highest BCUT2D eigenvalue weighted by molar-refractivity contribution is 5.80. The third-order valence-corrected chi connectivity index (χ3v) is 8.37. The molecule has 2 saturated carbocycles. The fourth-order valence-corrected chi connectivity index (χ4v) is 7.23. The van der Waals surface area contributed by atoms with Gasteiger partial charge in [0.25, 0.3) is 0 Å². The van der Waals surface area contributed by atoms with Crippen LogP contribution in [0.1, 0.15) is 66.7 Å². The Hall–Kier alpha value is -1.89. The van der Waals surface area contributed by atoms with Gasteiger partial charge in [-0.25, -0.2) is 4.79 Å². The number of ether oxygens (including phenoxy) is 4. The van der Waals surface area contributed by atoms with Crippen molar-refractivity contribution in [3.63, 3.8) is 0 Å². The van der Waals surface area contributed by atoms with Crippen molar-refractivity contribution < 1.29 is 33.3 Å². The summed E-state index contributed by atoms with van der Waals surface area (Å²) in [6, 6.07) is 0. The van der Waals surface area contributed by atoms with Crippen LogP contribution in [0.5, 0.6) is 0 Å². The largest absolute Gasteiger partial charge is 0.450 e. The van der Waals surface area contributed by atoms with Crippen molar-refractivity contribution in [1.82, 2.24) is 0 Å². The van der Waals surface area contributed by atoms with Crippen LogP contribution in [0, 0.1) is 34.5 Å². The van der Waals surface area contributed by atoms with E-state index in [4.69, 9.17) is 18.9 Å². The Morgan fingerprint density at radius 2 is 1.74 bits per heavy atom. The van der Waals surface area contributed by atoms with Gasteiger partial charge in [-0.15, -0.1) is 0 Å². The van der Waals surface area contributed by atoms with Crippen LogP contribution in [0.4, 0.5) is 0 Å². The van der Waals surface area contributed by atoms with Crippen molar-refractivity contribution in [2.45, 2.75) is 85.4 Å². The first-order valence-electron chi connectivity index (χ1n) is 11.3. The van der Waals surface area contributed by atoms with Crippen LogP contribution in [0.3, 0.4) is 0 Å². The monoisotopic (exact) mass is 434 g/mol. The third-order valence-electron chi connectivity index (χ3n) is 8.37. The molecule has 4 rings (SSSR count). The molecule has 7 heteroatoms. The smallest absolute Gasteiger partial charge is 0.350 e. The van der Waals surface area contributed by atoms with Crippen molar-refractivity contribution in [1.29, 1.82) is 0 Å². The lowest BCUT2D eigenvalue weighted by Gasteiger charge is -2.51. The Balaban J connectivity index is 1.66. The first-order valence-corrected chi connectivity index (χ1v) is 11.3. The molecule has 2 aliphatic carbocycles. The third kappa shape index (κ3) is 3.59. The molecule has 8 atom stereocenters. The zero-order valence-corrected chi connectivity index (χ0v) is 19.1. The van der Waals surface area contributed by atoms with Gasteiger partial charge in [-0.1, -0.05) is 39.3 Å². The number of carbonyl (C=O) groups excluding carboxylic acids is 3. The molecule has 4 fully saturated rings. The maximum Gasteiger partial charge on any atom is 0.350 e. The second-order valence-electron chi connectivity index (χ2n) is 10.7. The van der Waals surface area contributed by atoms with Crippen molar-refractivity contribution in [3.05, 3.63) is 12.2 Å². The molecular weight excluding hydrogens is 400 g/mol. The molecule has 31 heavy (non-hydrogen) atoms. The highest BCUT2D eigenvalue weighted by atomic mass is 16.8. The summed E-state index contributed by atoms with van der Waals surface area (Å²) in [4.78, 5) is 35.9. The van der Waals surface area contributed by atoms with Gasteiger partial charge >= 0.3 is 17.9 Å². The summed E-state index contributed by atoms with van der Waals surface area (Å²) >= 11 is 0. The summed E-state index contributed by atoms with van der Waals surface area (Å²) in [6.45, 7) is 14.1. The topological polar surface area (TPSA) is 88.1 Å². The van der Waals surface area contributed by atoms with Crippen molar-refractivity contribution in [2.75, 3.05) is 0 Å². The van der Waals surface area contributed by atoms with Gasteiger partial charge in [-0.05, 0) is 48.3 Å². The maximum absolute atomic E-state index is 12.5. The van der Waals surface area contributed by atoms with Crippen LogP contribution in [0.15, 0.2) is 12.2 Å². The molecule has 172 valence electrons. The van der Waals surface area contributed by atoms with Crippen LogP contribution in [0.25, 0.3) is 0 Å². The molecule has 6 unspecified atom stereocenters.